The van der Waals surface area contributed by atoms with Gasteiger partial charge >= 0.3 is 0 Å². The maximum Gasteiger partial charge on any atom is 0.284 e. The van der Waals surface area contributed by atoms with E-state index in [0.29, 0.717) is 13.1 Å². The van der Waals surface area contributed by atoms with Gasteiger partial charge in [0.25, 0.3) is 17.1 Å². The molecule has 2 aliphatic rings. The minimum absolute atomic E-state index is 0.0481. The zero-order valence-corrected chi connectivity index (χ0v) is 17.7. The normalized spacial score (nSPS) is 14.5. The lowest BCUT2D eigenvalue weighted by Gasteiger charge is -2.28. The molecule has 0 bridgehead atoms. The summed E-state index contributed by atoms with van der Waals surface area (Å²) in [5.74, 6) is -0.481. The van der Waals surface area contributed by atoms with Gasteiger partial charge in [0.1, 0.15) is 0 Å². The Labute approximate surface area is 183 Å². The summed E-state index contributed by atoms with van der Waals surface area (Å²) in [6.07, 6.45) is 5.78. The third kappa shape index (κ3) is 4.01. The lowest BCUT2D eigenvalue weighted by atomic mass is 9.90. The Kier molecular flexibility index (Phi) is 6.47. The van der Waals surface area contributed by atoms with Crippen LogP contribution in [0.2, 0.25) is 0 Å². The van der Waals surface area contributed by atoms with Crippen LogP contribution in [0.4, 0.5) is 11.4 Å². The second kappa shape index (κ2) is 9.08. The van der Waals surface area contributed by atoms with Gasteiger partial charge in [-0.25, -0.2) is 0 Å². The summed E-state index contributed by atoms with van der Waals surface area (Å²) in [5.41, 5.74) is -1.74. The van der Waals surface area contributed by atoms with Gasteiger partial charge in [0.15, 0.2) is 0 Å². The molecule has 2 aliphatic carbocycles. The van der Waals surface area contributed by atoms with Gasteiger partial charge in [-0.1, -0.05) is 26.7 Å². The Morgan fingerprint density at radius 3 is 2.00 bits per heavy atom. The van der Waals surface area contributed by atoms with Crippen molar-refractivity contribution >= 4 is 28.8 Å². The highest BCUT2D eigenvalue weighted by Gasteiger charge is 2.43. The van der Waals surface area contributed by atoms with Gasteiger partial charge < -0.3 is 4.90 Å². The molecule has 0 radical (unpaired) electrons. The summed E-state index contributed by atoms with van der Waals surface area (Å²) in [5, 5.41) is 34.8. The summed E-state index contributed by atoms with van der Waals surface area (Å²) in [4.78, 5) is 47.7. The first kappa shape index (κ1) is 22.8. The highest BCUT2D eigenvalue weighted by atomic mass is 16.6. The van der Waals surface area contributed by atoms with E-state index in [1.807, 2.05) is 18.7 Å². The van der Waals surface area contributed by atoms with E-state index >= 15 is 0 Å². The maximum atomic E-state index is 13.4. The predicted molar refractivity (Wildman–Crippen MR) is 116 cm³/mol. The molecule has 3 rings (SSSR count). The molecular weight excluding hydrogens is 420 g/mol. The van der Waals surface area contributed by atoms with Crippen LogP contribution in [0.15, 0.2) is 35.2 Å². The van der Waals surface area contributed by atoms with Crippen LogP contribution >= 0.6 is 0 Å². The van der Waals surface area contributed by atoms with Gasteiger partial charge in [0, 0.05) is 30.8 Å². The number of hydrogen-bond donors (Lipinski definition) is 0. The van der Waals surface area contributed by atoms with Gasteiger partial charge in [-0.05, 0) is 24.5 Å². The Bertz CT molecular complexity index is 1110. The van der Waals surface area contributed by atoms with E-state index in [0.717, 1.165) is 37.8 Å². The van der Waals surface area contributed by atoms with Crippen molar-refractivity contribution in [3.05, 3.63) is 76.6 Å². The first-order valence-electron chi connectivity index (χ1n) is 10.3. The molecule has 1 aromatic carbocycles. The zero-order chi connectivity index (χ0) is 23.6. The van der Waals surface area contributed by atoms with Crippen LogP contribution in [-0.2, 0) is 4.79 Å². The summed E-state index contributed by atoms with van der Waals surface area (Å²) >= 11 is 0. The lowest BCUT2D eigenvalue weighted by Crippen LogP contribution is -2.32. The average molecular weight is 442 g/mol. The van der Waals surface area contributed by atoms with Crippen LogP contribution in [0.25, 0.3) is 11.6 Å². The van der Waals surface area contributed by atoms with Crippen LogP contribution in [-0.4, -0.2) is 38.5 Å². The molecule has 168 valence electrons. The van der Waals surface area contributed by atoms with Gasteiger partial charge in [-0.15, -0.1) is 0 Å². The number of fused-ring (bicyclic) bond motifs is 3. The van der Waals surface area contributed by atoms with Crippen molar-refractivity contribution in [3.8, 4) is 0 Å². The van der Waals surface area contributed by atoms with E-state index in [1.165, 1.54) is 12.2 Å². The second-order valence-corrected chi connectivity index (χ2v) is 7.57. The third-order valence-corrected chi connectivity index (χ3v) is 5.47. The smallest absolute Gasteiger partial charge is 0.284 e. The zero-order valence-electron chi connectivity index (χ0n) is 17.7. The molecule has 0 spiro atoms. The Morgan fingerprint density at radius 2 is 1.50 bits per heavy atom. The van der Waals surface area contributed by atoms with Crippen LogP contribution in [0.5, 0.6) is 0 Å². The fraction of sp³-hybridized carbons (Fsp3) is 0.381. The number of carbonyl (C=O) groups excluding carboxylic acids is 1. The molecule has 0 N–H and O–H groups in total. The van der Waals surface area contributed by atoms with E-state index in [9.17, 15) is 35.1 Å². The van der Waals surface area contributed by atoms with Crippen LogP contribution < -0.4 is 0 Å². The van der Waals surface area contributed by atoms with Crippen LogP contribution in [0.3, 0.4) is 0 Å². The van der Waals surface area contributed by atoms with Gasteiger partial charge in [0.2, 0.25) is 5.78 Å². The highest BCUT2D eigenvalue weighted by Crippen LogP contribution is 2.48. The maximum absolute atomic E-state index is 13.4. The Balaban J connectivity index is 2.24. The number of nitrogens with zero attached hydrogens (tertiary/aromatic N) is 4. The number of rotatable bonds is 10. The molecular formula is C21H22N4O7. The van der Waals surface area contributed by atoms with Gasteiger partial charge in [-0.2, -0.15) is 0 Å². The number of Topliss-reactive ketones (excluding diaryl/α,β-unsaturated/α-hetero) is 1. The molecule has 0 saturated heterocycles. The van der Waals surface area contributed by atoms with Crippen molar-refractivity contribution in [2.75, 3.05) is 13.1 Å². The number of unbranched alkanes of at least 4 members (excludes halogenated alkanes) is 2. The number of benzene rings is 1. The molecule has 11 nitrogen and oxygen atoms in total. The summed E-state index contributed by atoms with van der Waals surface area (Å²) in [6, 6.07) is 1.86. The quantitative estimate of drug-likeness (QED) is 0.385. The molecule has 0 aliphatic heterocycles. The van der Waals surface area contributed by atoms with E-state index in [1.54, 1.807) is 0 Å². The minimum Gasteiger partial charge on any atom is -0.368 e. The predicted octanol–water partition coefficient (Wildman–Crippen LogP) is 4.26. The number of hydrogen-bond acceptors (Lipinski definition) is 8. The molecule has 0 aromatic heterocycles. The fourth-order valence-electron chi connectivity index (χ4n) is 3.91. The number of non-ortho nitro benzene ring substituents is 1. The molecule has 0 heterocycles. The SMILES string of the molecule is CCCCN(CCCC)C1=CC([N+](=O)[O-])=C2C(=Cc3cc([N+](=O)[O-])cc([N+](=O)[O-])c32)C1=O. The van der Waals surface area contributed by atoms with E-state index < -0.39 is 37.6 Å². The van der Waals surface area contributed by atoms with E-state index in [4.69, 9.17) is 0 Å². The van der Waals surface area contributed by atoms with Crippen molar-refractivity contribution < 1.29 is 19.6 Å². The monoisotopic (exact) mass is 442 g/mol. The average Bonchev–Trinajstić information content (AvgIpc) is 3.13. The first-order valence-corrected chi connectivity index (χ1v) is 10.3. The van der Waals surface area contributed by atoms with E-state index in [2.05, 4.69) is 0 Å². The molecule has 0 saturated carbocycles. The van der Waals surface area contributed by atoms with Gasteiger partial charge in [0.05, 0.1) is 37.7 Å². The number of carbonyl (C=O) groups is 1. The summed E-state index contributed by atoms with van der Waals surface area (Å²) in [7, 11) is 0. The molecule has 0 unspecified atom stereocenters. The van der Waals surface area contributed by atoms with Crippen LogP contribution in [0, 0.1) is 30.3 Å². The van der Waals surface area contributed by atoms with E-state index in [-0.39, 0.29) is 28.0 Å². The number of ketones is 1. The molecule has 11 heteroatoms. The second-order valence-electron chi connectivity index (χ2n) is 7.57. The number of allylic oxidation sites excluding steroid dienone is 3. The highest BCUT2D eigenvalue weighted by molar-refractivity contribution is 6.26. The Morgan fingerprint density at radius 1 is 0.875 bits per heavy atom. The van der Waals surface area contributed by atoms with Crippen LogP contribution in [0.1, 0.15) is 50.7 Å². The molecule has 0 atom stereocenters. The number of nitro groups is 3. The van der Waals surface area contributed by atoms with Crippen molar-refractivity contribution in [2.45, 2.75) is 39.5 Å². The lowest BCUT2D eigenvalue weighted by molar-refractivity contribution is -0.418. The standard InChI is InChI=1S/C21H22N4O7/c1-3-5-7-22(8-6-4-2)18-12-17(25(31)32)20-15(21(18)26)10-13-9-14(23(27)28)11-16(19(13)20)24(29)30/h9-12H,3-8H2,1-2H3. The first-order chi connectivity index (χ1) is 15.2. The van der Waals surface area contributed by atoms with Crippen molar-refractivity contribution in [1.29, 1.82) is 0 Å². The van der Waals surface area contributed by atoms with Gasteiger partial charge in [-0.3, -0.25) is 35.1 Å². The van der Waals surface area contributed by atoms with Crippen molar-refractivity contribution in [1.82, 2.24) is 4.90 Å². The molecule has 1 aromatic rings. The largest absolute Gasteiger partial charge is 0.368 e. The molecule has 0 amide bonds. The summed E-state index contributed by atoms with van der Waals surface area (Å²) < 4.78 is 0. The number of nitro benzene ring substituents is 2. The van der Waals surface area contributed by atoms with Crippen molar-refractivity contribution in [2.24, 2.45) is 0 Å². The minimum atomic E-state index is -0.828. The fourth-order valence-corrected chi connectivity index (χ4v) is 3.91. The Hall–Kier alpha value is -3.89. The van der Waals surface area contributed by atoms with Crippen molar-refractivity contribution in [3.63, 3.8) is 0 Å². The third-order valence-electron chi connectivity index (χ3n) is 5.47. The summed E-state index contributed by atoms with van der Waals surface area (Å²) in [6.45, 7) is 5.08. The molecule has 32 heavy (non-hydrogen) atoms. The molecule has 0 fully saturated rings. The topological polar surface area (TPSA) is 150 Å².